The van der Waals surface area contributed by atoms with Gasteiger partial charge >= 0.3 is 94.3 Å². The van der Waals surface area contributed by atoms with Gasteiger partial charge in [0.15, 0.2) is 0 Å². The van der Waals surface area contributed by atoms with Crippen molar-refractivity contribution in [1.82, 2.24) is 0 Å². The molecule has 0 radical (unpaired) electrons. The molecule has 0 aliphatic heterocycles. The van der Waals surface area contributed by atoms with Gasteiger partial charge in [-0.15, -0.1) is 0 Å². The number of hydrogen-bond donors (Lipinski definition) is 0. The average molecular weight is 300 g/mol. The Labute approximate surface area is 94.3 Å². The number of carbonyl (C=O) groups is 1. The first-order chi connectivity index (χ1) is 6.02. The monoisotopic (exact) mass is 302 g/mol. The van der Waals surface area contributed by atoms with Gasteiger partial charge in [0, 0.05) is 0 Å². The molecule has 3 heteroatoms. The summed E-state index contributed by atoms with van der Waals surface area (Å²) < 4.78 is 5.96. The van der Waals surface area contributed by atoms with Crippen molar-refractivity contribution in [2.24, 2.45) is 5.41 Å². The Morgan fingerprint density at radius 2 is 2.08 bits per heavy atom. The van der Waals surface area contributed by atoms with Gasteiger partial charge in [-0.25, -0.2) is 0 Å². The number of rotatable bonds is 6. The fourth-order valence-electron chi connectivity index (χ4n) is 0.849. The molecule has 0 spiro atoms. The third-order valence-electron chi connectivity index (χ3n) is 2.32. The second-order valence-electron chi connectivity index (χ2n) is 3.96. The molecule has 0 fully saturated rings. The van der Waals surface area contributed by atoms with E-state index in [1.165, 1.54) is 0 Å². The Morgan fingerprint density at radius 1 is 1.46 bits per heavy atom. The summed E-state index contributed by atoms with van der Waals surface area (Å²) in [6.45, 7) is 7.10. The predicted molar refractivity (Wildman–Crippen MR) is 56.2 cm³/mol. The molecule has 0 heterocycles. The van der Waals surface area contributed by atoms with E-state index in [2.05, 4.69) is 20.8 Å². The number of hydrogen-bond acceptors (Lipinski definition) is 2. The summed E-state index contributed by atoms with van der Waals surface area (Å²) in [5.41, 5.74) is 0.272. The van der Waals surface area contributed by atoms with E-state index in [0.717, 1.165) is 17.3 Å². The van der Waals surface area contributed by atoms with Crippen molar-refractivity contribution in [3.63, 3.8) is 0 Å². The van der Waals surface area contributed by atoms with Crippen LogP contribution in [0.2, 0.25) is 4.47 Å². The molecule has 13 heavy (non-hydrogen) atoms. The fourth-order valence-corrected chi connectivity index (χ4v) is 1.11. The van der Waals surface area contributed by atoms with Crippen LogP contribution in [0.5, 0.6) is 0 Å². The molecule has 0 unspecified atom stereocenters. The normalized spacial score (nSPS) is 11.4. The fraction of sp³-hybridized carbons (Fsp3) is 0.900. The van der Waals surface area contributed by atoms with Gasteiger partial charge in [0.25, 0.3) is 0 Å². The van der Waals surface area contributed by atoms with E-state index in [1.807, 2.05) is 0 Å². The van der Waals surface area contributed by atoms with E-state index in [9.17, 15) is 4.79 Å². The summed E-state index contributed by atoms with van der Waals surface area (Å²) in [7, 11) is 0. The Morgan fingerprint density at radius 3 is 2.54 bits per heavy atom. The number of esters is 1. The Kier molecular flexibility index (Phi) is 6.81. The zero-order chi connectivity index (χ0) is 10.3. The van der Waals surface area contributed by atoms with Crippen molar-refractivity contribution in [2.45, 2.75) is 44.5 Å². The van der Waals surface area contributed by atoms with Crippen LogP contribution < -0.4 is 0 Å². The summed E-state index contributed by atoms with van der Waals surface area (Å²) in [4.78, 5) is 11.1. The summed E-state index contributed by atoms with van der Waals surface area (Å²) in [6.07, 6.45) is 2.60. The van der Waals surface area contributed by atoms with Crippen molar-refractivity contribution >= 4 is 28.3 Å². The second kappa shape index (κ2) is 6.67. The van der Waals surface area contributed by atoms with E-state index in [0.29, 0.717) is 13.0 Å². The minimum atomic E-state index is -0.0444. The third-order valence-corrected chi connectivity index (χ3v) is 2.84. The second-order valence-corrected chi connectivity index (χ2v) is 5.24. The molecule has 0 aromatic carbocycles. The zero-order valence-corrected chi connectivity index (χ0v) is 11.4. The summed E-state index contributed by atoms with van der Waals surface area (Å²) >= 11 is 1.68. The molecule has 2 nitrogen and oxygen atoms in total. The first kappa shape index (κ1) is 13.3. The summed E-state index contributed by atoms with van der Waals surface area (Å²) in [5, 5.41) is 0. The van der Waals surface area contributed by atoms with Crippen LogP contribution in [0.15, 0.2) is 0 Å². The molecule has 0 bridgehead atoms. The Hall–Kier alpha value is 0.260. The van der Waals surface area contributed by atoms with E-state index < -0.39 is 0 Å². The van der Waals surface area contributed by atoms with Crippen molar-refractivity contribution < 1.29 is 9.53 Å². The average Bonchev–Trinajstić information content (AvgIpc) is 2.11. The van der Waals surface area contributed by atoms with Crippen molar-refractivity contribution in [3.05, 3.63) is 0 Å². The molecule has 0 aliphatic carbocycles. The van der Waals surface area contributed by atoms with Crippen LogP contribution in [0.3, 0.4) is 0 Å². The Bertz CT molecular complexity index is 155. The van der Waals surface area contributed by atoms with Crippen molar-refractivity contribution in [3.8, 4) is 0 Å². The molecular weight excluding hydrogens is 280 g/mol. The van der Waals surface area contributed by atoms with Crippen LogP contribution in [0, 0.1) is 5.41 Å². The quantitative estimate of drug-likeness (QED) is 0.554. The van der Waals surface area contributed by atoms with Crippen LogP contribution in [0.1, 0.15) is 40.0 Å². The molecule has 0 amide bonds. The molecule has 0 atom stereocenters. The van der Waals surface area contributed by atoms with Gasteiger partial charge in [-0.05, 0) is 0 Å². The van der Waals surface area contributed by atoms with Gasteiger partial charge in [0.2, 0.25) is 0 Å². The maximum atomic E-state index is 11.1. The maximum absolute atomic E-state index is 11.1. The van der Waals surface area contributed by atoms with Gasteiger partial charge < -0.3 is 0 Å². The van der Waals surface area contributed by atoms with Crippen molar-refractivity contribution in [2.75, 3.05) is 6.61 Å². The molecule has 0 N–H and O–H groups in total. The van der Waals surface area contributed by atoms with Crippen LogP contribution >= 0.6 is 0 Å². The standard InChI is InChI=1S/C10H20O2Te/c1-4-10(2,3)6-5-9(11)12-7-8-13/h13H,4-8H2,1-3H3. The van der Waals surface area contributed by atoms with E-state index >= 15 is 0 Å². The van der Waals surface area contributed by atoms with Crippen LogP contribution in [-0.2, 0) is 9.53 Å². The third kappa shape index (κ3) is 7.34. The SMILES string of the molecule is CCC(C)(C)CCC(=O)OCC[TeH]. The van der Waals surface area contributed by atoms with Gasteiger partial charge in [0.05, 0.1) is 0 Å². The minimum absolute atomic E-state index is 0.0444. The molecular formula is C10H20O2Te. The van der Waals surface area contributed by atoms with Gasteiger partial charge in [-0.3, -0.25) is 0 Å². The summed E-state index contributed by atoms with van der Waals surface area (Å²) in [5.74, 6) is -0.0444. The van der Waals surface area contributed by atoms with E-state index in [4.69, 9.17) is 4.74 Å². The molecule has 0 rings (SSSR count). The predicted octanol–water partition coefficient (Wildman–Crippen LogP) is 2.07. The number of ether oxygens (including phenoxy) is 1. The zero-order valence-electron chi connectivity index (χ0n) is 8.80. The topological polar surface area (TPSA) is 26.3 Å². The molecule has 78 valence electrons. The molecule has 0 aromatic heterocycles. The van der Waals surface area contributed by atoms with Gasteiger partial charge in [-0.1, -0.05) is 0 Å². The first-order valence-electron chi connectivity index (χ1n) is 4.78. The van der Waals surface area contributed by atoms with Crippen molar-refractivity contribution in [1.29, 1.82) is 0 Å². The Balaban J connectivity index is 3.57. The first-order valence-corrected chi connectivity index (χ1v) is 6.59. The molecule has 0 saturated carbocycles. The summed E-state index contributed by atoms with van der Waals surface area (Å²) in [6, 6.07) is 0. The molecule has 0 saturated heterocycles. The molecule has 0 aromatic rings. The van der Waals surface area contributed by atoms with Crippen LogP contribution in [0.4, 0.5) is 0 Å². The van der Waals surface area contributed by atoms with Gasteiger partial charge in [-0.2, -0.15) is 0 Å². The van der Waals surface area contributed by atoms with E-state index in [-0.39, 0.29) is 11.4 Å². The number of carbonyl (C=O) groups excluding carboxylic acids is 1. The van der Waals surface area contributed by atoms with E-state index in [1.54, 1.807) is 22.3 Å². The van der Waals surface area contributed by atoms with Crippen LogP contribution in [-0.4, -0.2) is 34.9 Å². The van der Waals surface area contributed by atoms with Crippen LogP contribution in [0.25, 0.3) is 0 Å². The van der Waals surface area contributed by atoms with Gasteiger partial charge in [0.1, 0.15) is 0 Å². The molecule has 0 aliphatic rings.